The molecule has 0 bridgehead atoms. The number of phenolic OH excluding ortho intramolecular Hbond substituents is 2. The molecule has 0 aliphatic carbocycles. The summed E-state index contributed by atoms with van der Waals surface area (Å²) in [6.45, 7) is 0. The third kappa shape index (κ3) is 4.30. The third-order valence-electron chi connectivity index (χ3n) is 3.39. The number of hydrogen-bond acceptors (Lipinski definition) is 4. The number of fused-ring (bicyclic) bond motifs is 2. The molecule has 0 saturated carbocycles. The normalized spacial score (nSPS) is 10.0. The maximum absolute atomic E-state index is 9.41. The molecule has 0 fully saturated rings. The van der Waals surface area contributed by atoms with Crippen molar-refractivity contribution in [3.05, 3.63) is 69.9 Å². The second kappa shape index (κ2) is 8.63. The Balaban J connectivity index is 0.000000173. The zero-order valence-electron chi connectivity index (χ0n) is 12.6. The molecule has 2 aromatic carbocycles. The molecule has 7 heteroatoms. The van der Waals surface area contributed by atoms with E-state index in [1.165, 1.54) is 0 Å². The Morgan fingerprint density at radius 1 is 0.640 bits per heavy atom. The molecular formula is C18H12Br2CuN2O2. The van der Waals surface area contributed by atoms with Crippen LogP contribution in [0.5, 0.6) is 11.5 Å². The van der Waals surface area contributed by atoms with Gasteiger partial charge >= 0.3 is 0 Å². The number of phenols is 2. The second-order valence-electron chi connectivity index (χ2n) is 4.93. The topological polar surface area (TPSA) is 66.2 Å². The zero-order chi connectivity index (χ0) is 17.1. The van der Waals surface area contributed by atoms with Gasteiger partial charge in [-0.1, -0.05) is 44.0 Å². The quantitative estimate of drug-likeness (QED) is 0.310. The molecule has 0 spiro atoms. The number of aromatic nitrogens is 2. The first-order valence-corrected chi connectivity index (χ1v) is 8.61. The van der Waals surface area contributed by atoms with Crippen molar-refractivity contribution in [1.29, 1.82) is 0 Å². The van der Waals surface area contributed by atoms with Crippen LogP contribution in [0.4, 0.5) is 0 Å². The molecule has 2 aromatic heterocycles. The Bertz CT molecular complexity index is 864. The molecule has 0 saturated heterocycles. The van der Waals surface area contributed by atoms with Crippen molar-refractivity contribution in [2.45, 2.75) is 0 Å². The number of halogens is 2. The standard InChI is InChI=1S/2C9H6BrNO.Cu/c2*10-7-3-4-8(12)9-6(7)2-1-5-11-9;/h2*1-5,12H;. The van der Waals surface area contributed by atoms with E-state index < -0.39 is 0 Å². The van der Waals surface area contributed by atoms with E-state index in [1.807, 2.05) is 24.3 Å². The van der Waals surface area contributed by atoms with Crippen LogP contribution >= 0.6 is 31.9 Å². The molecular weight excluding hydrogens is 500 g/mol. The van der Waals surface area contributed by atoms with Crippen molar-refractivity contribution in [3.8, 4) is 11.5 Å². The minimum absolute atomic E-state index is 0. The number of pyridine rings is 2. The fourth-order valence-corrected chi connectivity index (χ4v) is 3.15. The van der Waals surface area contributed by atoms with Gasteiger partial charge in [0, 0.05) is 49.2 Å². The van der Waals surface area contributed by atoms with Gasteiger partial charge in [-0.3, -0.25) is 9.97 Å². The van der Waals surface area contributed by atoms with Gasteiger partial charge in [0.05, 0.1) is 0 Å². The summed E-state index contributed by atoms with van der Waals surface area (Å²) in [6.07, 6.45) is 3.32. The van der Waals surface area contributed by atoms with Crippen LogP contribution in [0.25, 0.3) is 21.8 Å². The molecule has 2 N–H and O–H groups in total. The van der Waals surface area contributed by atoms with Crippen molar-refractivity contribution in [2.75, 3.05) is 0 Å². The van der Waals surface area contributed by atoms with Gasteiger partial charge in [0.25, 0.3) is 0 Å². The predicted octanol–water partition coefficient (Wildman–Crippen LogP) is 5.40. The minimum Gasteiger partial charge on any atom is -0.506 e. The van der Waals surface area contributed by atoms with E-state index in [1.54, 1.807) is 36.7 Å². The fraction of sp³-hybridized carbons (Fsp3) is 0. The van der Waals surface area contributed by atoms with Crippen molar-refractivity contribution in [3.63, 3.8) is 0 Å². The molecule has 0 atom stereocenters. The Morgan fingerprint density at radius 2 is 1.04 bits per heavy atom. The fourth-order valence-electron chi connectivity index (χ4n) is 2.25. The smallest absolute Gasteiger partial charge is 0.141 e. The van der Waals surface area contributed by atoms with Crippen molar-refractivity contribution >= 4 is 53.7 Å². The molecule has 4 aromatic rings. The zero-order valence-corrected chi connectivity index (χ0v) is 16.7. The average molecular weight is 512 g/mol. The largest absolute Gasteiger partial charge is 0.506 e. The number of aromatic hydroxyl groups is 2. The van der Waals surface area contributed by atoms with Crippen LogP contribution in [0.3, 0.4) is 0 Å². The van der Waals surface area contributed by atoms with Crippen LogP contribution in [0, 0.1) is 0 Å². The van der Waals surface area contributed by atoms with E-state index in [0.717, 1.165) is 19.7 Å². The first-order chi connectivity index (χ1) is 11.6. The third-order valence-corrected chi connectivity index (χ3v) is 4.77. The molecule has 1 radical (unpaired) electrons. The maximum Gasteiger partial charge on any atom is 0.141 e. The molecule has 2 heterocycles. The summed E-state index contributed by atoms with van der Waals surface area (Å²) in [4.78, 5) is 8.12. The van der Waals surface area contributed by atoms with E-state index >= 15 is 0 Å². The first kappa shape index (κ1) is 19.7. The van der Waals surface area contributed by atoms with Crippen LogP contribution < -0.4 is 0 Å². The summed E-state index contributed by atoms with van der Waals surface area (Å²) < 4.78 is 1.90. The number of rotatable bonds is 0. The van der Waals surface area contributed by atoms with Crippen LogP contribution in [0.15, 0.2) is 69.9 Å². The van der Waals surface area contributed by atoms with Gasteiger partial charge < -0.3 is 10.2 Å². The van der Waals surface area contributed by atoms with Gasteiger partial charge in [-0.2, -0.15) is 0 Å². The van der Waals surface area contributed by atoms with Gasteiger partial charge in [-0.25, -0.2) is 0 Å². The van der Waals surface area contributed by atoms with E-state index in [0.29, 0.717) is 11.0 Å². The summed E-state index contributed by atoms with van der Waals surface area (Å²) in [7, 11) is 0. The summed E-state index contributed by atoms with van der Waals surface area (Å²) >= 11 is 6.76. The van der Waals surface area contributed by atoms with Gasteiger partial charge in [-0.15, -0.1) is 0 Å². The van der Waals surface area contributed by atoms with Crippen LogP contribution in [0.2, 0.25) is 0 Å². The van der Waals surface area contributed by atoms with Crippen molar-refractivity contribution in [2.24, 2.45) is 0 Å². The van der Waals surface area contributed by atoms with Gasteiger partial charge in [0.15, 0.2) is 0 Å². The maximum atomic E-state index is 9.41. The molecule has 131 valence electrons. The Morgan fingerprint density at radius 3 is 1.40 bits per heavy atom. The van der Waals surface area contributed by atoms with Crippen LogP contribution in [0.1, 0.15) is 0 Å². The van der Waals surface area contributed by atoms with E-state index in [4.69, 9.17) is 0 Å². The predicted molar refractivity (Wildman–Crippen MR) is 102 cm³/mol. The molecule has 0 aliphatic rings. The molecule has 4 nitrogen and oxygen atoms in total. The Kier molecular flexibility index (Phi) is 6.78. The molecule has 0 amide bonds. The summed E-state index contributed by atoms with van der Waals surface area (Å²) in [6, 6.07) is 14.4. The molecule has 0 aliphatic heterocycles. The van der Waals surface area contributed by atoms with Gasteiger partial charge in [0.1, 0.15) is 22.5 Å². The minimum atomic E-state index is 0. The Hall–Kier alpha value is -1.66. The first-order valence-electron chi connectivity index (χ1n) is 7.02. The SMILES string of the molecule is Oc1ccc(Br)c2cccnc12.Oc1ccc(Br)c2cccnc12.[Cu]. The second-order valence-corrected chi connectivity index (χ2v) is 6.64. The van der Waals surface area contributed by atoms with E-state index in [9.17, 15) is 10.2 Å². The number of nitrogens with zero attached hydrogens (tertiary/aromatic N) is 2. The van der Waals surface area contributed by atoms with E-state index in [2.05, 4.69) is 41.8 Å². The van der Waals surface area contributed by atoms with Gasteiger partial charge in [-0.05, 0) is 36.4 Å². The Labute approximate surface area is 171 Å². The molecule has 0 unspecified atom stereocenters. The van der Waals surface area contributed by atoms with Crippen LogP contribution in [-0.4, -0.2) is 20.2 Å². The summed E-state index contributed by atoms with van der Waals surface area (Å²) in [5.41, 5.74) is 1.26. The van der Waals surface area contributed by atoms with Crippen molar-refractivity contribution in [1.82, 2.24) is 9.97 Å². The monoisotopic (exact) mass is 509 g/mol. The van der Waals surface area contributed by atoms with E-state index in [-0.39, 0.29) is 28.6 Å². The van der Waals surface area contributed by atoms with Gasteiger partial charge in [0.2, 0.25) is 0 Å². The molecule has 25 heavy (non-hydrogen) atoms. The average Bonchev–Trinajstić information content (AvgIpc) is 2.63. The van der Waals surface area contributed by atoms with Crippen molar-refractivity contribution < 1.29 is 27.3 Å². The number of hydrogen-bond donors (Lipinski definition) is 2. The summed E-state index contributed by atoms with van der Waals surface area (Å²) in [5.74, 6) is 0.433. The molecule has 4 rings (SSSR count). The van der Waals surface area contributed by atoms with Crippen LogP contribution in [-0.2, 0) is 17.1 Å². The summed E-state index contributed by atoms with van der Waals surface area (Å²) in [5, 5.41) is 20.7. The number of benzene rings is 2.